The van der Waals surface area contributed by atoms with E-state index in [1.54, 1.807) is 11.0 Å². The Labute approximate surface area is 217 Å². The van der Waals surface area contributed by atoms with Gasteiger partial charge in [-0.25, -0.2) is 9.59 Å². The third-order valence-electron chi connectivity index (χ3n) is 8.36. The third-order valence-corrected chi connectivity index (χ3v) is 8.36. The lowest BCUT2D eigenvalue weighted by Gasteiger charge is -2.35. The lowest BCUT2D eigenvalue weighted by atomic mass is 9.91. The van der Waals surface area contributed by atoms with E-state index in [0.717, 1.165) is 49.2 Å². The van der Waals surface area contributed by atoms with Crippen LogP contribution in [0.5, 0.6) is 0 Å². The first kappa shape index (κ1) is 23.8. The van der Waals surface area contributed by atoms with Gasteiger partial charge in [-0.15, -0.1) is 0 Å². The number of rotatable bonds is 5. The Morgan fingerprint density at radius 2 is 1.65 bits per heavy atom. The van der Waals surface area contributed by atoms with E-state index in [9.17, 15) is 14.4 Å². The molecule has 1 spiro atoms. The van der Waals surface area contributed by atoms with Gasteiger partial charge >= 0.3 is 12.1 Å². The molecule has 1 saturated carbocycles. The van der Waals surface area contributed by atoms with Crippen LogP contribution in [0.2, 0.25) is 0 Å². The Bertz CT molecular complexity index is 1220. The van der Waals surface area contributed by atoms with Crippen molar-refractivity contribution >= 4 is 23.7 Å². The Morgan fingerprint density at radius 1 is 0.919 bits per heavy atom. The lowest BCUT2D eigenvalue weighted by Crippen LogP contribution is -2.49. The van der Waals surface area contributed by atoms with Gasteiger partial charge in [-0.3, -0.25) is 4.79 Å². The van der Waals surface area contributed by atoms with Gasteiger partial charge in [-0.05, 0) is 43.0 Å². The second-order valence-corrected chi connectivity index (χ2v) is 10.6. The topological polar surface area (TPSA) is 79.4 Å². The standard InChI is InChI=1S/C29H33N3O5/c1-2-19-36-27(35)31-17-15-30(16-18-31)22-9-7-21(8-10-22)28(11-12-28)26(34)32-14-13-29(20-32)24-6-4-3-5-23(24)25(33)37-29/h3-10H,2,11-20H2,1H3/t29-/m0/s1. The average molecular weight is 504 g/mol. The van der Waals surface area contributed by atoms with Crippen LogP contribution in [0.3, 0.4) is 0 Å². The third kappa shape index (κ3) is 4.03. The molecule has 37 heavy (non-hydrogen) atoms. The number of benzene rings is 2. The second-order valence-electron chi connectivity index (χ2n) is 10.6. The Hall–Kier alpha value is -3.55. The quantitative estimate of drug-likeness (QED) is 0.579. The average Bonchev–Trinajstić information content (AvgIpc) is 3.57. The van der Waals surface area contributed by atoms with Gasteiger partial charge in [-0.1, -0.05) is 37.3 Å². The fraction of sp³-hybridized carbons (Fsp3) is 0.483. The highest BCUT2D eigenvalue weighted by Crippen LogP contribution is 2.52. The molecule has 2 aromatic carbocycles. The molecule has 3 aliphatic heterocycles. The van der Waals surface area contributed by atoms with Gasteiger partial charge in [0.05, 0.1) is 24.1 Å². The molecule has 1 atom stereocenters. The first-order valence-electron chi connectivity index (χ1n) is 13.4. The van der Waals surface area contributed by atoms with E-state index in [4.69, 9.17) is 9.47 Å². The van der Waals surface area contributed by atoms with Crippen molar-refractivity contribution in [2.45, 2.75) is 43.6 Å². The van der Waals surface area contributed by atoms with Crippen LogP contribution in [-0.2, 0) is 25.3 Å². The van der Waals surface area contributed by atoms with Gasteiger partial charge in [0, 0.05) is 50.4 Å². The van der Waals surface area contributed by atoms with Crippen molar-refractivity contribution in [1.29, 1.82) is 0 Å². The summed E-state index contributed by atoms with van der Waals surface area (Å²) in [5.74, 6) is -0.155. The molecule has 0 bridgehead atoms. The maximum Gasteiger partial charge on any atom is 0.409 e. The predicted molar refractivity (Wildman–Crippen MR) is 138 cm³/mol. The number of amides is 2. The summed E-state index contributed by atoms with van der Waals surface area (Å²) in [6.07, 6.45) is 2.90. The summed E-state index contributed by atoms with van der Waals surface area (Å²) in [4.78, 5) is 44.2. The number of carbonyl (C=O) groups excluding carboxylic acids is 3. The van der Waals surface area contributed by atoms with Crippen LogP contribution in [0.15, 0.2) is 48.5 Å². The maximum absolute atomic E-state index is 13.8. The number of fused-ring (bicyclic) bond motifs is 2. The Kier molecular flexibility index (Phi) is 5.85. The van der Waals surface area contributed by atoms with Crippen LogP contribution in [-0.4, -0.2) is 73.6 Å². The minimum absolute atomic E-state index is 0.136. The van der Waals surface area contributed by atoms with Crippen LogP contribution in [0.25, 0.3) is 0 Å². The van der Waals surface area contributed by atoms with Crippen LogP contribution >= 0.6 is 0 Å². The molecular formula is C29H33N3O5. The molecule has 0 radical (unpaired) electrons. The molecule has 3 fully saturated rings. The van der Waals surface area contributed by atoms with Crippen LogP contribution in [0, 0.1) is 0 Å². The van der Waals surface area contributed by atoms with E-state index in [2.05, 4.69) is 29.2 Å². The van der Waals surface area contributed by atoms with Gasteiger partial charge < -0.3 is 24.2 Å². The number of esters is 1. The number of hydrogen-bond acceptors (Lipinski definition) is 6. The normalized spacial score (nSPS) is 23.7. The number of ether oxygens (including phenoxy) is 2. The SMILES string of the molecule is CCCOC(=O)N1CCN(c2ccc(C3(C(=O)N4CC[C@@]5(C4)OC(=O)c4ccccc45)CC3)cc2)CC1. The number of likely N-dealkylation sites (tertiary alicyclic amines) is 1. The van der Waals surface area contributed by atoms with Crippen molar-refractivity contribution in [1.82, 2.24) is 9.80 Å². The molecule has 1 aliphatic carbocycles. The number of carbonyl (C=O) groups is 3. The van der Waals surface area contributed by atoms with Gasteiger partial charge in [0.25, 0.3) is 0 Å². The fourth-order valence-corrected chi connectivity index (χ4v) is 6.08. The molecule has 6 rings (SSSR count). The largest absolute Gasteiger partial charge is 0.449 e. The summed E-state index contributed by atoms with van der Waals surface area (Å²) in [6.45, 7) is 6.22. The fourth-order valence-electron chi connectivity index (χ4n) is 6.08. The summed E-state index contributed by atoms with van der Waals surface area (Å²) in [7, 11) is 0. The number of hydrogen-bond donors (Lipinski definition) is 0. The summed E-state index contributed by atoms with van der Waals surface area (Å²) in [6, 6.07) is 15.9. The van der Waals surface area contributed by atoms with E-state index in [1.807, 2.05) is 30.0 Å². The minimum Gasteiger partial charge on any atom is -0.449 e. The van der Waals surface area contributed by atoms with Crippen molar-refractivity contribution in [3.05, 3.63) is 65.2 Å². The van der Waals surface area contributed by atoms with Crippen molar-refractivity contribution in [3.63, 3.8) is 0 Å². The zero-order chi connectivity index (χ0) is 25.6. The van der Waals surface area contributed by atoms with Crippen molar-refractivity contribution < 1.29 is 23.9 Å². The highest BCUT2D eigenvalue weighted by molar-refractivity contribution is 5.96. The number of piperazine rings is 1. The molecule has 2 saturated heterocycles. The molecule has 0 aromatic heterocycles. The molecule has 2 amide bonds. The molecule has 4 aliphatic rings. The molecule has 0 N–H and O–H groups in total. The van der Waals surface area contributed by atoms with Crippen molar-refractivity contribution in [2.24, 2.45) is 0 Å². The Balaban J connectivity index is 1.11. The number of nitrogens with zero attached hydrogens (tertiary/aromatic N) is 3. The van der Waals surface area contributed by atoms with Crippen molar-refractivity contribution in [3.8, 4) is 0 Å². The zero-order valence-corrected chi connectivity index (χ0v) is 21.3. The lowest BCUT2D eigenvalue weighted by molar-refractivity contribution is -0.134. The first-order chi connectivity index (χ1) is 18.0. The second kappa shape index (κ2) is 9.08. The van der Waals surface area contributed by atoms with E-state index >= 15 is 0 Å². The number of anilines is 1. The molecular weight excluding hydrogens is 470 g/mol. The zero-order valence-electron chi connectivity index (χ0n) is 21.3. The molecule has 2 aromatic rings. The summed E-state index contributed by atoms with van der Waals surface area (Å²) >= 11 is 0. The van der Waals surface area contributed by atoms with Gasteiger partial charge in [0.2, 0.25) is 5.91 Å². The molecule has 3 heterocycles. The summed E-state index contributed by atoms with van der Waals surface area (Å²) in [5.41, 5.74) is 2.48. The van der Waals surface area contributed by atoms with E-state index < -0.39 is 11.0 Å². The van der Waals surface area contributed by atoms with E-state index in [-0.39, 0.29) is 18.0 Å². The van der Waals surface area contributed by atoms with Gasteiger partial charge in [0.1, 0.15) is 0 Å². The molecule has 0 unspecified atom stereocenters. The summed E-state index contributed by atoms with van der Waals surface area (Å²) < 4.78 is 11.1. The van der Waals surface area contributed by atoms with Crippen LogP contribution in [0.1, 0.15) is 54.1 Å². The first-order valence-corrected chi connectivity index (χ1v) is 13.4. The van der Waals surface area contributed by atoms with Crippen LogP contribution in [0.4, 0.5) is 10.5 Å². The monoisotopic (exact) mass is 503 g/mol. The van der Waals surface area contributed by atoms with Gasteiger partial charge in [-0.2, -0.15) is 0 Å². The minimum atomic E-state index is -0.714. The smallest absolute Gasteiger partial charge is 0.409 e. The van der Waals surface area contributed by atoms with E-state index in [0.29, 0.717) is 44.8 Å². The predicted octanol–water partition coefficient (Wildman–Crippen LogP) is 3.69. The van der Waals surface area contributed by atoms with Gasteiger partial charge in [0.15, 0.2) is 5.60 Å². The molecule has 194 valence electrons. The maximum atomic E-state index is 13.8. The van der Waals surface area contributed by atoms with Crippen molar-refractivity contribution in [2.75, 3.05) is 50.8 Å². The van der Waals surface area contributed by atoms with Crippen LogP contribution < -0.4 is 4.90 Å². The highest BCUT2D eigenvalue weighted by Gasteiger charge is 2.57. The summed E-state index contributed by atoms with van der Waals surface area (Å²) in [5, 5.41) is 0. The highest BCUT2D eigenvalue weighted by atomic mass is 16.6. The molecule has 8 heteroatoms. The molecule has 8 nitrogen and oxygen atoms in total. The Morgan fingerprint density at radius 3 is 2.35 bits per heavy atom. The van der Waals surface area contributed by atoms with E-state index in [1.165, 1.54) is 0 Å².